The van der Waals surface area contributed by atoms with E-state index in [2.05, 4.69) is 20.8 Å². The molecule has 0 spiro atoms. The van der Waals surface area contributed by atoms with E-state index >= 15 is 0 Å². The molecule has 0 fully saturated rings. The molecule has 0 aliphatic heterocycles. The smallest absolute Gasteiger partial charge is 0.338 e. The number of aromatic carboxylic acids is 1. The Hall–Kier alpha value is -1.38. The third kappa shape index (κ3) is 3.35. The molecule has 0 atom stereocenters. The maximum atomic E-state index is 13.3. The number of benzene rings is 1. The monoisotopic (exact) mass is 210 g/mol. The van der Waals surface area contributed by atoms with Crippen molar-refractivity contribution >= 4 is 5.97 Å². The Bertz CT molecular complexity index is 378. The summed E-state index contributed by atoms with van der Waals surface area (Å²) in [6.07, 6.45) is 0.726. The lowest BCUT2D eigenvalue weighted by molar-refractivity contribution is 0.0692. The van der Waals surface area contributed by atoms with E-state index in [1.54, 1.807) is 6.07 Å². The molecular weight excluding hydrogens is 195 g/mol. The Kier molecular flexibility index (Phi) is 3.12. The zero-order chi connectivity index (χ0) is 11.6. The molecule has 82 valence electrons. The molecule has 1 N–H and O–H groups in total. The number of hydrogen-bond acceptors (Lipinski definition) is 1. The van der Waals surface area contributed by atoms with Crippen molar-refractivity contribution in [2.45, 2.75) is 27.2 Å². The molecule has 0 saturated carbocycles. The first-order valence-corrected chi connectivity index (χ1v) is 4.81. The second-order valence-electron chi connectivity index (χ2n) is 4.86. The molecule has 1 rings (SSSR count). The normalized spacial score (nSPS) is 11.5. The van der Waals surface area contributed by atoms with Crippen molar-refractivity contribution in [3.63, 3.8) is 0 Å². The average molecular weight is 210 g/mol. The summed E-state index contributed by atoms with van der Waals surface area (Å²) in [5.74, 6) is -1.89. The second-order valence-corrected chi connectivity index (χ2v) is 4.86. The first-order valence-electron chi connectivity index (χ1n) is 4.81. The second kappa shape index (κ2) is 4.01. The molecule has 1 aromatic carbocycles. The molecule has 3 heteroatoms. The average Bonchev–Trinajstić information content (AvgIpc) is 1.99. The Morgan fingerprint density at radius 1 is 1.40 bits per heavy atom. The lowest BCUT2D eigenvalue weighted by Crippen LogP contribution is -2.10. The van der Waals surface area contributed by atoms with Gasteiger partial charge < -0.3 is 5.11 Å². The first-order chi connectivity index (χ1) is 6.79. The SMILES string of the molecule is CC(C)(C)Cc1ccc(C(=O)O)c(F)c1. The molecule has 15 heavy (non-hydrogen) atoms. The molecule has 1 aromatic rings. The number of halogens is 1. The fraction of sp³-hybridized carbons (Fsp3) is 0.417. The van der Waals surface area contributed by atoms with Crippen molar-refractivity contribution in [2.75, 3.05) is 0 Å². The molecule has 0 heterocycles. The van der Waals surface area contributed by atoms with Crippen LogP contribution in [0.2, 0.25) is 0 Å². The van der Waals surface area contributed by atoms with E-state index < -0.39 is 11.8 Å². The molecule has 0 aliphatic rings. The van der Waals surface area contributed by atoms with Gasteiger partial charge >= 0.3 is 5.97 Å². The van der Waals surface area contributed by atoms with Crippen LogP contribution in [0.15, 0.2) is 18.2 Å². The highest BCUT2D eigenvalue weighted by Crippen LogP contribution is 2.21. The van der Waals surface area contributed by atoms with Crippen molar-refractivity contribution in [3.8, 4) is 0 Å². The Morgan fingerprint density at radius 3 is 2.40 bits per heavy atom. The van der Waals surface area contributed by atoms with E-state index in [-0.39, 0.29) is 11.0 Å². The van der Waals surface area contributed by atoms with Gasteiger partial charge in [-0.2, -0.15) is 0 Å². The minimum atomic E-state index is -1.23. The van der Waals surface area contributed by atoms with E-state index in [4.69, 9.17) is 5.11 Å². The molecule has 2 nitrogen and oxygen atoms in total. The van der Waals surface area contributed by atoms with Crippen molar-refractivity contribution in [3.05, 3.63) is 35.1 Å². The van der Waals surface area contributed by atoms with Crippen LogP contribution in [-0.4, -0.2) is 11.1 Å². The number of rotatable bonds is 2. The van der Waals surface area contributed by atoms with Crippen molar-refractivity contribution in [1.82, 2.24) is 0 Å². The Labute approximate surface area is 88.7 Å². The minimum Gasteiger partial charge on any atom is -0.478 e. The van der Waals surface area contributed by atoms with E-state index in [1.165, 1.54) is 12.1 Å². The molecule has 0 aromatic heterocycles. The summed E-state index contributed by atoms with van der Waals surface area (Å²) in [5.41, 5.74) is 0.620. The maximum Gasteiger partial charge on any atom is 0.338 e. The predicted molar refractivity (Wildman–Crippen MR) is 56.5 cm³/mol. The van der Waals surface area contributed by atoms with E-state index in [9.17, 15) is 9.18 Å². The highest BCUT2D eigenvalue weighted by molar-refractivity contribution is 5.87. The van der Waals surface area contributed by atoms with E-state index in [0.29, 0.717) is 0 Å². The van der Waals surface area contributed by atoms with Crippen LogP contribution in [0.3, 0.4) is 0 Å². The van der Waals surface area contributed by atoms with Gasteiger partial charge in [-0.3, -0.25) is 0 Å². The van der Waals surface area contributed by atoms with Gasteiger partial charge in [-0.25, -0.2) is 9.18 Å². The van der Waals surface area contributed by atoms with Gasteiger partial charge in [0.1, 0.15) is 5.82 Å². The van der Waals surface area contributed by atoms with E-state index in [1.807, 2.05) is 0 Å². The summed E-state index contributed by atoms with van der Waals surface area (Å²) in [7, 11) is 0. The quantitative estimate of drug-likeness (QED) is 0.814. The van der Waals surface area contributed by atoms with Crippen LogP contribution < -0.4 is 0 Å². The molecule has 0 aliphatic carbocycles. The lowest BCUT2D eigenvalue weighted by atomic mass is 9.88. The lowest BCUT2D eigenvalue weighted by Gasteiger charge is -2.18. The minimum absolute atomic E-state index is 0.0666. The molecule has 0 unspecified atom stereocenters. The molecule has 0 bridgehead atoms. The molecular formula is C12H15FO2. The fourth-order valence-electron chi connectivity index (χ4n) is 1.45. The van der Waals surface area contributed by atoms with Gasteiger partial charge in [0, 0.05) is 0 Å². The van der Waals surface area contributed by atoms with Gasteiger partial charge in [0.2, 0.25) is 0 Å². The molecule has 0 radical (unpaired) electrons. The van der Waals surface area contributed by atoms with Gasteiger partial charge in [0.15, 0.2) is 0 Å². The first kappa shape index (κ1) is 11.7. The summed E-state index contributed by atoms with van der Waals surface area (Å²) in [5, 5.41) is 8.65. The maximum absolute atomic E-state index is 13.3. The summed E-state index contributed by atoms with van der Waals surface area (Å²) < 4.78 is 13.3. The molecule has 0 saturated heterocycles. The largest absolute Gasteiger partial charge is 0.478 e. The van der Waals surface area contributed by atoms with Gasteiger partial charge in [-0.1, -0.05) is 26.8 Å². The topological polar surface area (TPSA) is 37.3 Å². The highest BCUT2D eigenvalue weighted by atomic mass is 19.1. The summed E-state index contributed by atoms with van der Waals surface area (Å²) in [4.78, 5) is 10.6. The number of carboxylic acids is 1. The number of carboxylic acid groups (broad SMARTS) is 1. The predicted octanol–water partition coefficient (Wildman–Crippen LogP) is 3.11. The van der Waals surface area contributed by atoms with Crippen LogP contribution in [0.25, 0.3) is 0 Å². The summed E-state index contributed by atoms with van der Waals surface area (Å²) in [6, 6.07) is 4.28. The zero-order valence-corrected chi connectivity index (χ0v) is 9.17. The summed E-state index contributed by atoms with van der Waals surface area (Å²) >= 11 is 0. The van der Waals surface area contributed by atoms with Crippen molar-refractivity contribution < 1.29 is 14.3 Å². The third-order valence-corrected chi connectivity index (χ3v) is 2.00. The Morgan fingerprint density at radius 2 is 2.00 bits per heavy atom. The van der Waals surface area contributed by atoms with Crippen LogP contribution in [0.4, 0.5) is 4.39 Å². The summed E-state index contributed by atoms with van der Waals surface area (Å²) in [6.45, 7) is 6.15. The zero-order valence-electron chi connectivity index (χ0n) is 9.17. The van der Waals surface area contributed by atoms with Crippen LogP contribution in [0.1, 0.15) is 36.7 Å². The van der Waals surface area contributed by atoms with Gasteiger partial charge in [-0.05, 0) is 29.5 Å². The van der Waals surface area contributed by atoms with Gasteiger partial charge in [0.05, 0.1) is 5.56 Å². The van der Waals surface area contributed by atoms with Crippen molar-refractivity contribution in [1.29, 1.82) is 0 Å². The fourth-order valence-corrected chi connectivity index (χ4v) is 1.45. The molecule has 0 amide bonds. The van der Waals surface area contributed by atoms with E-state index in [0.717, 1.165) is 12.0 Å². The van der Waals surface area contributed by atoms with Crippen molar-refractivity contribution in [2.24, 2.45) is 5.41 Å². The van der Waals surface area contributed by atoms with Crippen LogP contribution in [0, 0.1) is 11.2 Å². The highest BCUT2D eigenvalue weighted by Gasteiger charge is 2.14. The number of hydrogen-bond donors (Lipinski definition) is 1. The van der Waals surface area contributed by atoms with Crippen LogP contribution >= 0.6 is 0 Å². The third-order valence-electron chi connectivity index (χ3n) is 2.00. The standard InChI is InChI=1S/C12H15FO2/c1-12(2,3)7-8-4-5-9(11(14)15)10(13)6-8/h4-6H,7H2,1-3H3,(H,14,15). The van der Waals surface area contributed by atoms with Crippen LogP contribution in [0.5, 0.6) is 0 Å². The van der Waals surface area contributed by atoms with Gasteiger partial charge in [-0.15, -0.1) is 0 Å². The Balaban J connectivity index is 2.97. The number of carbonyl (C=O) groups is 1. The van der Waals surface area contributed by atoms with Gasteiger partial charge in [0.25, 0.3) is 0 Å². The van der Waals surface area contributed by atoms with Crippen LogP contribution in [-0.2, 0) is 6.42 Å².